The molecule has 1 aromatic rings. The van der Waals surface area contributed by atoms with Crippen LogP contribution in [0.1, 0.15) is 51.2 Å². The van der Waals surface area contributed by atoms with Crippen molar-refractivity contribution in [2.24, 2.45) is 11.7 Å². The largest absolute Gasteiger partial charge is 0.330 e. The number of nitrogens with zero attached hydrogens (tertiary/aromatic N) is 3. The van der Waals surface area contributed by atoms with Crippen LogP contribution in [-0.4, -0.2) is 21.3 Å². The molecule has 1 atom stereocenters. The van der Waals surface area contributed by atoms with Gasteiger partial charge in [-0.05, 0) is 38.6 Å². The van der Waals surface area contributed by atoms with E-state index in [0.717, 1.165) is 49.9 Å². The van der Waals surface area contributed by atoms with Crippen LogP contribution >= 0.6 is 0 Å². The first-order valence-corrected chi connectivity index (χ1v) is 6.81. The van der Waals surface area contributed by atoms with E-state index in [0.29, 0.717) is 0 Å². The Bertz CT molecular complexity index is 319. The summed E-state index contributed by atoms with van der Waals surface area (Å²) in [4.78, 5) is 0. The van der Waals surface area contributed by atoms with Gasteiger partial charge in [0.2, 0.25) is 0 Å². The SMILES string of the molecule is CCCn1c(C)nnc1CCC(CC)CCN. The van der Waals surface area contributed by atoms with Crippen LogP contribution in [0.2, 0.25) is 0 Å². The Kier molecular flexibility index (Phi) is 6.19. The number of hydrogen-bond acceptors (Lipinski definition) is 3. The molecule has 0 amide bonds. The van der Waals surface area contributed by atoms with Crippen LogP contribution in [0.25, 0.3) is 0 Å². The summed E-state index contributed by atoms with van der Waals surface area (Å²) in [6.45, 7) is 8.28. The van der Waals surface area contributed by atoms with Gasteiger partial charge in [0.15, 0.2) is 0 Å². The van der Waals surface area contributed by atoms with Crippen molar-refractivity contribution in [3.63, 3.8) is 0 Å². The second-order valence-electron chi connectivity index (χ2n) is 4.71. The van der Waals surface area contributed by atoms with Gasteiger partial charge in [-0.3, -0.25) is 0 Å². The van der Waals surface area contributed by atoms with Crippen molar-refractivity contribution < 1.29 is 0 Å². The Hall–Kier alpha value is -0.900. The lowest BCUT2D eigenvalue weighted by Gasteiger charge is -2.13. The van der Waals surface area contributed by atoms with E-state index in [-0.39, 0.29) is 0 Å². The second kappa shape index (κ2) is 7.43. The van der Waals surface area contributed by atoms with Crippen LogP contribution in [0.5, 0.6) is 0 Å². The van der Waals surface area contributed by atoms with Crippen LogP contribution in [-0.2, 0) is 13.0 Å². The number of nitrogens with two attached hydrogens (primary N) is 1. The first-order valence-electron chi connectivity index (χ1n) is 6.81. The molecule has 4 nitrogen and oxygen atoms in total. The van der Waals surface area contributed by atoms with Gasteiger partial charge >= 0.3 is 0 Å². The van der Waals surface area contributed by atoms with Crippen LogP contribution < -0.4 is 5.73 Å². The Morgan fingerprint density at radius 2 is 2.00 bits per heavy atom. The van der Waals surface area contributed by atoms with E-state index in [1.807, 2.05) is 6.92 Å². The number of aryl methyl sites for hydroxylation is 2. The lowest BCUT2D eigenvalue weighted by Crippen LogP contribution is -2.11. The van der Waals surface area contributed by atoms with Gasteiger partial charge in [0, 0.05) is 13.0 Å². The van der Waals surface area contributed by atoms with Crippen LogP contribution in [0.15, 0.2) is 0 Å². The van der Waals surface area contributed by atoms with Crippen molar-refractivity contribution in [2.75, 3.05) is 6.54 Å². The number of hydrogen-bond donors (Lipinski definition) is 1. The van der Waals surface area contributed by atoms with E-state index in [1.54, 1.807) is 0 Å². The number of rotatable bonds is 8. The predicted octanol–water partition coefficient (Wildman–Crippen LogP) is 2.30. The lowest BCUT2D eigenvalue weighted by atomic mass is 9.96. The molecular formula is C13H26N4. The standard InChI is InChI=1S/C13H26N4/c1-4-10-17-11(3)15-16-13(17)7-6-12(5-2)8-9-14/h12H,4-10,14H2,1-3H3. The summed E-state index contributed by atoms with van der Waals surface area (Å²) < 4.78 is 2.25. The van der Waals surface area contributed by atoms with Gasteiger partial charge in [-0.2, -0.15) is 0 Å². The molecule has 0 aliphatic heterocycles. The quantitative estimate of drug-likeness (QED) is 0.756. The number of aromatic nitrogens is 3. The van der Waals surface area contributed by atoms with Crippen LogP contribution in [0, 0.1) is 12.8 Å². The molecule has 0 radical (unpaired) electrons. The van der Waals surface area contributed by atoms with Crippen molar-refractivity contribution >= 4 is 0 Å². The molecule has 17 heavy (non-hydrogen) atoms. The molecule has 0 bridgehead atoms. The minimum atomic E-state index is 0.729. The zero-order valence-corrected chi connectivity index (χ0v) is 11.4. The van der Waals surface area contributed by atoms with Crippen LogP contribution in [0.4, 0.5) is 0 Å². The van der Waals surface area contributed by atoms with Crippen molar-refractivity contribution in [2.45, 2.75) is 59.4 Å². The molecule has 0 fully saturated rings. The summed E-state index contributed by atoms with van der Waals surface area (Å²) in [7, 11) is 0. The summed E-state index contributed by atoms with van der Waals surface area (Å²) in [5.41, 5.74) is 5.62. The van der Waals surface area contributed by atoms with Gasteiger partial charge in [-0.25, -0.2) is 0 Å². The molecule has 0 aliphatic rings. The third kappa shape index (κ3) is 4.11. The van der Waals surface area contributed by atoms with Gasteiger partial charge < -0.3 is 10.3 Å². The van der Waals surface area contributed by atoms with Gasteiger partial charge in [0.25, 0.3) is 0 Å². The summed E-state index contributed by atoms with van der Waals surface area (Å²) in [5, 5.41) is 8.46. The Morgan fingerprint density at radius 1 is 1.24 bits per heavy atom. The van der Waals surface area contributed by atoms with E-state index < -0.39 is 0 Å². The normalized spacial score (nSPS) is 12.9. The molecule has 98 valence electrons. The molecule has 2 N–H and O–H groups in total. The monoisotopic (exact) mass is 238 g/mol. The molecule has 0 aliphatic carbocycles. The Morgan fingerprint density at radius 3 is 2.59 bits per heavy atom. The minimum absolute atomic E-state index is 0.729. The summed E-state index contributed by atoms with van der Waals surface area (Å²) >= 11 is 0. The Labute approximate surface area is 105 Å². The van der Waals surface area contributed by atoms with Gasteiger partial charge in [-0.15, -0.1) is 10.2 Å². The lowest BCUT2D eigenvalue weighted by molar-refractivity contribution is 0.433. The van der Waals surface area contributed by atoms with Crippen LogP contribution in [0.3, 0.4) is 0 Å². The van der Waals surface area contributed by atoms with E-state index in [9.17, 15) is 0 Å². The molecule has 1 aromatic heterocycles. The smallest absolute Gasteiger partial charge is 0.132 e. The maximum atomic E-state index is 5.62. The molecule has 0 saturated heterocycles. The third-order valence-electron chi connectivity index (χ3n) is 3.39. The molecule has 1 heterocycles. The highest BCUT2D eigenvalue weighted by molar-refractivity contribution is 4.94. The zero-order valence-electron chi connectivity index (χ0n) is 11.4. The average molecular weight is 238 g/mol. The first-order chi connectivity index (χ1) is 8.22. The summed E-state index contributed by atoms with van der Waals surface area (Å²) in [6, 6.07) is 0. The highest BCUT2D eigenvalue weighted by Gasteiger charge is 2.11. The van der Waals surface area contributed by atoms with E-state index in [4.69, 9.17) is 5.73 Å². The highest BCUT2D eigenvalue weighted by atomic mass is 15.3. The van der Waals surface area contributed by atoms with Gasteiger partial charge in [-0.1, -0.05) is 20.3 Å². The maximum Gasteiger partial charge on any atom is 0.132 e. The van der Waals surface area contributed by atoms with E-state index in [1.165, 1.54) is 12.8 Å². The molecule has 4 heteroatoms. The molecule has 0 spiro atoms. The maximum absolute atomic E-state index is 5.62. The minimum Gasteiger partial charge on any atom is -0.330 e. The topological polar surface area (TPSA) is 56.7 Å². The fourth-order valence-electron chi connectivity index (χ4n) is 2.25. The van der Waals surface area contributed by atoms with Gasteiger partial charge in [0.1, 0.15) is 11.6 Å². The molecule has 0 aromatic carbocycles. The Balaban J connectivity index is 2.55. The summed E-state index contributed by atoms with van der Waals surface area (Å²) in [6.07, 6.45) is 5.66. The average Bonchev–Trinajstić information content (AvgIpc) is 2.67. The van der Waals surface area contributed by atoms with Crippen molar-refractivity contribution in [1.82, 2.24) is 14.8 Å². The predicted molar refractivity (Wildman–Crippen MR) is 70.8 cm³/mol. The van der Waals surface area contributed by atoms with Crippen molar-refractivity contribution in [1.29, 1.82) is 0 Å². The van der Waals surface area contributed by atoms with Gasteiger partial charge in [0.05, 0.1) is 0 Å². The summed E-state index contributed by atoms with van der Waals surface area (Å²) in [5.74, 6) is 2.90. The van der Waals surface area contributed by atoms with Crippen molar-refractivity contribution in [3.05, 3.63) is 11.6 Å². The molecule has 1 unspecified atom stereocenters. The highest BCUT2D eigenvalue weighted by Crippen LogP contribution is 2.16. The fraction of sp³-hybridized carbons (Fsp3) is 0.846. The third-order valence-corrected chi connectivity index (χ3v) is 3.39. The van der Waals surface area contributed by atoms with E-state index >= 15 is 0 Å². The van der Waals surface area contributed by atoms with E-state index in [2.05, 4.69) is 28.6 Å². The zero-order chi connectivity index (χ0) is 12.7. The second-order valence-corrected chi connectivity index (χ2v) is 4.71. The fourth-order valence-corrected chi connectivity index (χ4v) is 2.25. The van der Waals surface area contributed by atoms with Crippen molar-refractivity contribution in [3.8, 4) is 0 Å². The first kappa shape index (κ1) is 14.2. The molecule has 0 saturated carbocycles. The molecular weight excluding hydrogens is 212 g/mol. The molecule has 1 rings (SSSR count).